The fourth-order valence-electron chi connectivity index (χ4n) is 2.56. The van der Waals surface area contributed by atoms with Crippen LogP contribution in [0.4, 0.5) is 0 Å². The van der Waals surface area contributed by atoms with E-state index in [9.17, 15) is 0 Å². The average Bonchev–Trinajstić information content (AvgIpc) is 2.93. The molecule has 0 saturated heterocycles. The van der Waals surface area contributed by atoms with Crippen molar-refractivity contribution in [2.24, 2.45) is 4.99 Å². The van der Waals surface area contributed by atoms with Crippen molar-refractivity contribution in [3.05, 3.63) is 69.7 Å². The van der Waals surface area contributed by atoms with Crippen LogP contribution in [0.15, 0.2) is 53.5 Å². The molecule has 0 bridgehead atoms. The van der Waals surface area contributed by atoms with Crippen molar-refractivity contribution in [3.8, 4) is 0 Å². The molecular formula is C17H15Cl2NO. The maximum Gasteiger partial charge on any atom is 0.157 e. The monoisotopic (exact) mass is 319 g/mol. The number of aliphatic imine (C=N–C) groups is 1. The molecule has 2 atom stereocenters. The first-order valence-corrected chi connectivity index (χ1v) is 7.64. The molecule has 3 rings (SSSR count). The minimum atomic E-state index is -0.746. The standard InChI is InChI=1S/C17H15Cl2NO/c1-2-16-20-11-17(21-16,12-6-4-3-5-7-12)14-9-8-13(18)10-15(14)19/h3-11,16H,2H2,1H3. The number of ether oxygens (including phenoxy) is 1. The van der Waals surface area contributed by atoms with E-state index in [0.29, 0.717) is 10.0 Å². The largest absolute Gasteiger partial charge is 0.335 e. The molecule has 1 heterocycles. The molecule has 4 heteroatoms. The molecule has 0 spiro atoms. The predicted molar refractivity (Wildman–Crippen MR) is 87.3 cm³/mol. The van der Waals surface area contributed by atoms with Crippen molar-refractivity contribution >= 4 is 29.4 Å². The van der Waals surface area contributed by atoms with Gasteiger partial charge in [0.1, 0.15) is 6.23 Å². The highest BCUT2D eigenvalue weighted by molar-refractivity contribution is 6.35. The maximum atomic E-state index is 6.41. The summed E-state index contributed by atoms with van der Waals surface area (Å²) in [7, 11) is 0. The van der Waals surface area contributed by atoms with Gasteiger partial charge in [-0.25, -0.2) is 0 Å². The topological polar surface area (TPSA) is 21.6 Å². The summed E-state index contributed by atoms with van der Waals surface area (Å²) in [6.07, 6.45) is 2.51. The van der Waals surface area contributed by atoms with Crippen LogP contribution in [0.1, 0.15) is 24.5 Å². The molecule has 0 fully saturated rings. The van der Waals surface area contributed by atoms with E-state index in [1.807, 2.05) is 55.6 Å². The number of rotatable bonds is 3. The van der Waals surface area contributed by atoms with Crippen LogP contribution in [-0.2, 0) is 10.3 Å². The van der Waals surface area contributed by atoms with Crippen LogP contribution in [-0.4, -0.2) is 12.4 Å². The molecule has 108 valence electrons. The van der Waals surface area contributed by atoms with Gasteiger partial charge in [-0.05, 0) is 24.1 Å². The SMILES string of the molecule is CCC1N=CC(c2ccccc2)(c2ccc(Cl)cc2Cl)O1. The second kappa shape index (κ2) is 5.80. The Morgan fingerprint density at radius 2 is 1.90 bits per heavy atom. The van der Waals surface area contributed by atoms with Crippen molar-refractivity contribution < 1.29 is 4.74 Å². The summed E-state index contributed by atoms with van der Waals surface area (Å²) in [5.74, 6) is 0. The van der Waals surface area contributed by atoms with Gasteiger partial charge in [0.25, 0.3) is 0 Å². The molecule has 0 saturated carbocycles. The van der Waals surface area contributed by atoms with E-state index in [1.165, 1.54) is 0 Å². The van der Waals surface area contributed by atoms with Crippen molar-refractivity contribution in [1.82, 2.24) is 0 Å². The van der Waals surface area contributed by atoms with Crippen LogP contribution in [0.2, 0.25) is 10.0 Å². The summed E-state index contributed by atoms with van der Waals surface area (Å²) >= 11 is 12.4. The lowest BCUT2D eigenvalue weighted by molar-refractivity contribution is -0.00289. The van der Waals surface area contributed by atoms with Crippen LogP contribution < -0.4 is 0 Å². The Labute approximate surface area is 134 Å². The van der Waals surface area contributed by atoms with E-state index in [-0.39, 0.29) is 6.23 Å². The third-order valence-corrected chi connectivity index (χ3v) is 4.18. The fourth-order valence-corrected chi connectivity index (χ4v) is 3.11. The Hall–Kier alpha value is -1.35. The molecule has 21 heavy (non-hydrogen) atoms. The Morgan fingerprint density at radius 1 is 1.14 bits per heavy atom. The van der Waals surface area contributed by atoms with Gasteiger partial charge in [0.2, 0.25) is 0 Å². The first-order valence-electron chi connectivity index (χ1n) is 6.89. The molecule has 0 aromatic heterocycles. The number of nitrogens with zero attached hydrogens (tertiary/aromatic N) is 1. The molecule has 2 aromatic carbocycles. The van der Waals surface area contributed by atoms with E-state index in [1.54, 1.807) is 6.07 Å². The quantitative estimate of drug-likeness (QED) is 0.773. The van der Waals surface area contributed by atoms with Gasteiger partial charge in [0, 0.05) is 21.8 Å². The maximum absolute atomic E-state index is 6.41. The summed E-state index contributed by atoms with van der Waals surface area (Å²) in [4.78, 5) is 4.49. The minimum Gasteiger partial charge on any atom is -0.335 e. The smallest absolute Gasteiger partial charge is 0.157 e. The second-order valence-electron chi connectivity index (χ2n) is 4.98. The molecule has 1 aliphatic rings. The number of benzene rings is 2. The van der Waals surface area contributed by atoms with Gasteiger partial charge in [-0.2, -0.15) is 0 Å². The highest BCUT2D eigenvalue weighted by atomic mass is 35.5. The van der Waals surface area contributed by atoms with Gasteiger partial charge in [-0.3, -0.25) is 4.99 Å². The zero-order valence-corrected chi connectivity index (χ0v) is 13.1. The zero-order valence-electron chi connectivity index (χ0n) is 11.6. The molecule has 0 amide bonds. The van der Waals surface area contributed by atoms with E-state index in [4.69, 9.17) is 27.9 Å². The van der Waals surface area contributed by atoms with E-state index in [0.717, 1.165) is 17.5 Å². The predicted octanol–water partition coefficient (Wildman–Crippen LogP) is 5.07. The van der Waals surface area contributed by atoms with E-state index in [2.05, 4.69) is 4.99 Å². The summed E-state index contributed by atoms with van der Waals surface area (Å²) in [6.45, 7) is 2.05. The summed E-state index contributed by atoms with van der Waals surface area (Å²) in [6, 6.07) is 15.5. The number of halogens is 2. The van der Waals surface area contributed by atoms with Gasteiger partial charge >= 0.3 is 0 Å². The molecule has 1 aliphatic heterocycles. The lowest BCUT2D eigenvalue weighted by Gasteiger charge is -2.29. The third kappa shape index (κ3) is 2.59. The highest BCUT2D eigenvalue weighted by Gasteiger charge is 2.41. The van der Waals surface area contributed by atoms with Crippen molar-refractivity contribution in [2.45, 2.75) is 25.2 Å². The molecule has 0 radical (unpaired) electrons. The minimum absolute atomic E-state index is 0.156. The van der Waals surface area contributed by atoms with Crippen LogP contribution in [0.25, 0.3) is 0 Å². The van der Waals surface area contributed by atoms with E-state index >= 15 is 0 Å². The van der Waals surface area contributed by atoms with Gasteiger partial charge < -0.3 is 4.74 Å². The average molecular weight is 320 g/mol. The van der Waals surface area contributed by atoms with Crippen molar-refractivity contribution in [3.63, 3.8) is 0 Å². The number of hydrogen-bond acceptors (Lipinski definition) is 2. The van der Waals surface area contributed by atoms with Crippen LogP contribution >= 0.6 is 23.2 Å². The normalized spacial score (nSPS) is 24.4. The van der Waals surface area contributed by atoms with Gasteiger partial charge in [-0.1, -0.05) is 66.5 Å². The lowest BCUT2D eigenvalue weighted by Crippen LogP contribution is -2.31. The van der Waals surface area contributed by atoms with Gasteiger partial charge in [0.15, 0.2) is 5.60 Å². The van der Waals surface area contributed by atoms with Crippen LogP contribution in [0.5, 0.6) is 0 Å². The van der Waals surface area contributed by atoms with Crippen molar-refractivity contribution in [2.75, 3.05) is 0 Å². The lowest BCUT2D eigenvalue weighted by atomic mass is 9.87. The molecule has 0 N–H and O–H groups in total. The van der Waals surface area contributed by atoms with Gasteiger partial charge in [0.05, 0.1) is 0 Å². The molecule has 2 nitrogen and oxygen atoms in total. The summed E-state index contributed by atoms with van der Waals surface area (Å²) in [5, 5.41) is 1.18. The summed E-state index contributed by atoms with van der Waals surface area (Å²) in [5.41, 5.74) is 1.12. The molecule has 2 aromatic rings. The highest BCUT2D eigenvalue weighted by Crippen LogP contribution is 2.41. The Balaban J connectivity index is 2.16. The summed E-state index contributed by atoms with van der Waals surface area (Å²) < 4.78 is 6.24. The molecule has 0 aliphatic carbocycles. The Kier molecular flexibility index (Phi) is 4.03. The number of hydrogen-bond donors (Lipinski definition) is 0. The molecular weight excluding hydrogens is 305 g/mol. The molecule has 2 unspecified atom stereocenters. The zero-order chi connectivity index (χ0) is 14.9. The van der Waals surface area contributed by atoms with Gasteiger partial charge in [-0.15, -0.1) is 0 Å². The van der Waals surface area contributed by atoms with Crippen LogP contribution in [0, 0.1) is 0 Å². The van der Waals surface area contributed by atoms with Crippen LogP contribution in [0.3, 0.4) is 0 Å². The fraction of sp³-hybridized carbons (Fsp3) is 0.235. The van der Waals surface area contributed by atoms with E-state index < -0.39 is 5.60 Å². The third-order valence-electron chi connectivity index (χ3n) is 3.63. The Bertz CT molecular complexity index is 672. The first-order chi connectivity index (χ1) is 10.2. The second-order valence-corrected chi connectivity index (χ2v) is 5.83. The first kappa shape index (κ1) is 14.6. The van der Waals surface area contributed by atoms with Crippen molar-refractivity contribution in [1.29, 1.82) is 0 Å². The Morgan fingerprint density at radius 3 is 2.52 bits per heavy atom.